The molecule has 0 amide bonds. The van der Waals surface area contributed by atoms with Gasteiger partial charge in [-0.25, -0.2) is 13.8 Å². The normalized spacial score (nSPS) is 13.3. The molecule has 5 nitrogen and oxygen atoms in total. The predicted molar refractivity (Wildman–Crippen MR) is 302 cm³/mol. The van der Waals surface area contributed by atoms with Gasteiger partial charge in [0.2, 0.25) is 0 Å². The van der Waals surface area contributed by atoms with Crippen LogP contribution in [-0.4, -0.2) is 16.2 Å². The van der Waals surface area contributed by atoms with Gasteiger partial charge in [-0.2, -0.15) is 0 Å². The van der Waals surface area contributed by atoms with E-state index in [4.69, 9.17) is 9.72 Å². The summed E-state index contributed by atoms with van der Waals surface area (Å²) in [5.41, 5.74) is 15.7. The van der Waals surface area contributed by atoms with E-state index >= 15 is 0 Å². The van der Waals surface area contributed by atoms with Gasteiger partial charge in [-0.05, 0) is 157 Å². The van der Waals surface area contributed by atoms with E-state index in [0.29, 0.717) is 12.2 Å². The highest BCUT2D eigenvalue weighted by Gasteiger charge is 2.35. The number of para-hydroxylation sites is 3. The third kappa shape index (κ3) is 9.28. The number of hydrogen-bond donors (Lipinski definition) is 0. The summed E-state index contributed by atoms with van der Waals surface area (Å²) in [5.74, 6) is 1.31. The van der Waals surface area contributed by atoms with Crippen LogP contribution in [0.15, 0.2) is 152 Å². The fourth-order valence-corrected chi connectivity index (χ4v) is 10.8. The van der Waals surface area contributed by atoms with Crippen LogP contribution in [0.5, 0.6) is 11.5 Å². The van der Waals surface area contributed by atoms with Gasteiger partial charge in [-0.15, -0.1) is 0 Å². The molecule has 3 heterocycles. The topological polar surface area (TPSA) is 33.5 Å². The molecule has 73 heavy (non-hydrogen) atoms. The molecule has 0 atom stereocenters. The minimum atomic E-state index is -0.589. The van der Waals surface area contributed by atoms with Crippen molar-refractivity contribution in [1.82, 2.24) is 9.55 Å². The summed E-state index contributed by atoms with van der Waals surface area (Å²) in [5, 5.41) is 2.27. The lowest BCUT2D eigenvalue weighted by atomic mass is 9.71. The Balaban J connectivity index is 1.19. The highest BCUT2D eigenvalue weighted by Crippen LogP contribution is 2.52. The summed E-state index contributed by atoms with van der Waals surface area (Å²) >= 11 is 0. The van der Waals surface area contributed by atoms with Crippen molar-refractivity contribution in [1.29, 1.82) is 0 Å². The lowest BCUT2D eigenvalue weighted by Crippen LogP contribution is -2.26. The molecule has 0 aliphatic carbocycles. The van der Waals surface area contributed by atoms with Gasteiger partial charge in [-0.1, -0.05) is 139 Å². The van der Waals surface area contributed by atoms with E-state index in [1.807, 2.05) is 24.4 Å². The molecule has 0 fully saturated rings. The zero-order valence-electron chi connectivity index (χ0n) is 44.7. The van der Waals surface area contributed by atoms with E-state index < -0.39 is 11.6 Å². The summed E-state index contributed by atoms with van der Waals surface area (Å²) in [6, 6.07) is 49.2. The Labute approximate surface area is 431 Å². The minimum absolute atomic E-state index is 0.0664. The molecule has 372 valence electrons. The van der Waals surface area contributed by atoms with Crippen LogP contribution in [0.2, 0.25) is 0 Å². The van der Waals surface area contributed by atoms with Crippen molar-refractivity contribution in [2.24, 2.45) is 0 Å². The van der Waals surface area contributed by atoms with E-state index in [-0.39, 0.29) is 28.1 Å². The smallest absolute Gasteiger partial charge is 0.137 e. The Morgan fingerprint density at radius 1 is 0.507 bits per heavy atom. The number of benzene rings is 7. The fourth-order valence-electron chi connectivity index (χ4n) is 10.8. The second kappa shape index (κ2) is 18.4. The second-order valence-electron chi connectivity index (χ2n) is 23.7. The molecule has 1 aliphatic heterocycles. The van der Waals surface area contributed by atoms with Crippen molar-refractivity contribution < 1.29 is 13.5 Å². The third-order valence-corrected chi connectivity index (χ3v) is 14.5. The quantitative estimate of drug-likeness (QED) is 0.144. The number of halogens is 2. The van der Waals surface area contributed by atoms with Gasteiger partial charge in [0.25, 0.3) is 0 Å². The number of anilines is 4. The van der Waals surface area contributed by atoms with Gasteiger partial charge in [0.15, 0.2) is 0 Å². The molecule has 7 heteroatoms. The van der Waals surface area contributed by atoms with Crippen LogP contribution in [0.1, 0.15) is 130 Å². The second-order valence-corrected chi connectivity index (χ2v) is 23.7. The Bertz CT molecular complexity index is 3480. The molecular weight excluding hydrogens is 903 g/mol. The number of nitrogens with zero attached hydrogens (tertiary/aromatic N) is 4. The average Bonchev–Trinajstić information content (AvgIpc) is 3.88. The first-order chi connectivity index (χ1) is 34.5. The number of hydrogen-bond acceptors (Lipinski definition) is 4. The first-order valence-electron chi connectivity index (χ1n) is 25.8. The first kappa shape index (κ1) is 49.3. The monoisotopic (exact) mass is 971 g/mol. The zero-order chi connectivity index (χ0) is 51.9. The summed E-state index contributed by atoms with van der Waals surface area (Å²) in [6.45, 7) is 30.2. The maximum atomic E-state index is 14.8. The van der Waals surface area contributed by atoms with E-state index in [9.17, 15) is 8.78 Å². The zero-order valence-corrected chi connectivity index (χ0v) is 44.7. The van der Waals surface area contributed by atoms with E-state index in [1.54, 1.807) is 0 Å². The molecule has 0 saturated heterocycles. The van der Waals surface area contributed by atoms with Gasteiger partial charge in [-0.3, -0.25) is 4.57 Å². The number of aromatic nitrogens is 2. The molecular formula is C66H68F2N4O. The standard InChI is InChI=1S/C66H68F2N4O/c1-40(2)53-32-43(42-28-46(67)36-47(68)29-42)33-54(41(3)4)63(53)71-39-70(58-22-16-17-23-59(58)71)48-30-44(62-55(65(8,9)10)34-45(64(5,6)7)35-56(62)66(11,12)13)31-50(37-48)73-49-25-26-52-51-20-14-15-21-57(51)72(60(52)38-49)61-24-18-19-27-69-61/h14-38,40-41H,39H2,1-13H3. The van der Waals surface area contributed by atoms with E-state index in [1.165, 1.54) is 34.4 Å². The van der Waals surface area contributed by atoms with Crippen LogP contribution in [0, 0.1) is 11.6 Å². The highest BCUT2D eigenvalue weighted by molar-refractivity contribution is 6.09. The van der Waals surface area contributed by atoms with Crippen molar-refractivity contribution in [3.63, 3.8) is 0 Å². The average molecular weight is 971 g/mol. The van der Waals surface area contributed by atoms with Crippen LogP contribution < -0.4 is 14.5 Å². The van der Waals surface area contributed by atoms with Crippen LogP contribution in [0.3, 0.4) is 0 Å². The van der Waals surface area contributed by atoms with Gasteiger partial charge in [0, 0.05) is 46.5 Å². The van der Waals surface area contributed by atoms with Crippen LogP contribution in [-0.2, 0) is 16.2 Å². The largest absolute Gasteiger partial charge is 0.457 e. The molecule has 9 aromatic rings. The Morgan fingerprint density at radius 3 is 1.67 bits per heavy atom. The summed E-state index contributed by atoms with van der Waals surface area (Å²) in [6.07, 6.45) is 1.84. The van der Waals surface area contributed by atoms with Gasteiger partial charge in [0.05, 0.1) is 22.4 Å². The van der Waals surface area contributed by atoms with Crippen LogP contribution in [0.25, 0.3) is 49.9 Å². The SMILES string of the molecule is CC(C)c1cc(-c2cc(F)cc(F)c2)cc(C(C)C)c1N1CN(c2cc(Oc3ccc4c5ccccc5n(-c5ccccn5)c4c3)cc(-c3c(C(C)(C)C)cc(C(C)(C)C)cc3C(C)(C)C)c2)c2ccccc21. The Kier molecular flexibility index (Phi) is 12.4. The molecule has 0 spiro atoms. The van der Waals surface area contributed by atoms with Crippen molar-refractivity contribution in [3.8, 4) is 39.6 Å². The molecule has 10 rings (SSSR count). The number of rotatable bonds is 9. The Hall–Kier alpha value is -7.25. The molecule has 0 N–H and O–H groups in total. The molecule has 0 unspecified atom stereocenters. The van der Waals surface area contributed by atoms with Gasteiger partial charge >= 0.3 is 0 Å². The third-order valence-electron chi connectivity index (χ3n) is 14.5. The molecule has 0 saturated carbocycles. The first-order valence-corrected chi connectivity index (χ1v) is 25.8. The maximum Gasteiger partial charge on any atom is 0.137 e. The summed E-state index contributed by atoms with van der Waals surface area (Å²) in [4.78, 5) is 9.65. The predicted octanol–water partition coefficient (Wildman–Crippen LogP) is 19.0. The number of pyridine rings is 1. The van der Waals surface area contributed by atoms with Crippen molar-refractivity contribution in [2.75, 3.05) is 16.5 Å². The van der Waals surface area contributed by atoms with Crippen molar-refractivity contribution in [2.45, 2.75) is 118 Å². The number of fused-ring (bicyclic) bond motifs is 4. The number of ether oxygens (including phenoxy) is 1. The molecule has 0 radical (unpaired) electrons. The molecule has 0 bridgehead atoms. The van der Waals surface area contributed by atoms with Gasteiger partial charge in [0.1, 0.15) is 35.6 Å². The van der Waals surface area contributed by atoms with Crippen molar-refractivity contribution in [3.05, 3.63) is 191 Å². The molecule has 2 aromatic heterocycles. The lowest BCUT2D eigenvalue weighted by molar-refractivity contribution is 0.483. The van der Waals surface area contributed by atoms with Gasteiger partial charge < -0.3 is 14.5 Å². The van der Waals surface area contributed by atoms with E-state index in [2.05, 4.69) is 214 Å². The van der Waals surface area contributed by atoms with E-state index in [0.717, 1.165) is 90.2 Å². The molecule has 1 aliphatic rings. The maximum absolute atomic E-state index is 14.8. The summed E-state index contributed by atoms with van der Waals surface area (Å²) in [7, 11) is 0. The molecule has 7 aromatic carbocycles. The van der Waals surface area contributed by atoms with Crippen molar-refractivity contribution >= 4 is 44.6 Å². The Morgan fingerprint density at radius 2 is 1.08 bits per heavy atom. The van der Waals surface area contributed by atoms with Crippen LogP contribution >= 0.6 is 0 Å². The highest BCUT2D eigenvalue weighted by atomic mass is 19.1. The lowest BCUT2D eigenvalue weighted by Gasteiger charge is -2.34. The fraction of sp³-hybridized carbons (Fsp3) is 0.288. The summed E-state index contributed by atoms with van der Waals surface area (Å²) < 4.78 is 38.9. The minimum Gasteiger partial charge on any atom is -0.457 e. The van der Waals surface area contributed by atoms with Crippen LogP contribution in [0.4, 0.5) is 31.5 Å².